The van der Waals surface area contributed by atoms with Crippen molar-refractivity contribution < 1.29 is 9.18 Å². The van der Waals surface area contributed by atoms with Crippen LogP contribution in [0.25, 0.3) is 0 Å². The highest BCUT2D eigenvalue weighted by atomic mass is 35.5. The van der Waals surface area contributed by atoms with E-state index in [-0.39, 0.29) is 18.1 Å². The average Bonchev–Trinajstić information content (AvgIpc) is 2.45. The minimum atomic E-state index is -0.288. The van der Waals surface area contributed by atoms with Gasteiger partial charge in [0, 0.05) is 13.6 Å². The van der Waals surface area contributed by atoms with E-state index in [1.807, 2.05) is 0 Å². The molecule has 0 spiro atoms. The van der Waals surface area contributed by atoms with Gasteiger partial charge in [-0.1, -0.05) is 41.4 Å². The zero-order chi connectivity index (χ0) is 15.4. The minimum Gasteiger partial charge on any atom is -0.341 e. The predicted octanol–water partition coefficient (Wildman–Crippen LogP) is 4.33. The van der Waals surface area contributed by atoms with Crippen LogP contribution in [-0.4, -0.2) is 17.9 Å². The fourth-order valence-corrected chi connectivity index (χ4v) is 2.23. The first-order chi connectivity index (χ1) is 9.95. The largest absolute Gasteiger partial charge is 0.341 e. The minimum absolute atomic E-state index is 0.0438. The third kappa shape index (κ3) is 4.45. The third-order valence-electron chi connectivity index (χ3n) is 3.10. The van der Waals surface area contributed by atoms with E-state index in [0.717, 1.165) is 11.1 Å². The van der Waals surface area contributed by atoms with E-state index in [9.17, 15) is 9.18 Å². The van der Waals surface area contributed by atoms with Crippen LogP contribution in [0.1, 0.15) is 11.1 Å². The van der Waals surface area contributed by atoms with Crippen LogP contribution in [-0.2, 0) is 17.8 Å². The molecule has 0 aliphatic heterocycles. The molecule has 1 amide bonds. The molecule has 2 nitrogen and oxygen atoms in total. The SMILES string of the molecule is CN(Cc1ccc(F)cc1)C(=O)Cc1ccc(Cl)c(Cl)c1. The Balaban J connectivity index is 1.98. The molecule has 0 aliphatic rings. The number of rotatable bonds is 4. The number of hydrogen-bond acceptors (Lipinski definition) is 1. The smallest absolute Gasteiger partial charge is 0.227 e. The second-order valence-electron chi connectivity index (χ2n) is 4.80. The number of carbonyl (C=O) groups excluding carboxylic acids is 1. The summed E-state index contributed by atoms with van der Waals surface area (Å²) in [5.41, 5.74) is 1.68. The van der Waals surface area contributed by atoms with Crippen molar-refractivity contribution >= 4 is 29.1 Å². The molecule has 0 unspecified atom stereocenters. The molecule has 0 N–H and O–H groups in total. The van der Waals surface area contributed by atoms with E-state index in [1.165, 1.54) is 12.1 Å². The molecule has 5 heteroatoms. The van der Waals surface area contributed by atoms with Gasteiger partial charge in [-0.15, -0.1) is 0 Å². The van der Waals surface area contributed by atoms with Crippen molar-refractivity contribution in [3.8, 4) is 0 Å². The topological polar surface area (TPSA) is 20.3 Å². The lowest BCUT2D eigenvalue weighted by molar-refractivity contribution is -0.129. The van der Waals surface area contributed by atoms with Crippen LogP contribution in [0.2, 0.25) is 10.0 Å². The van der Waals surface area contributed by atoms with Crippen LogP contribution in [0.15, 0.2) is 42.5 Å². The van der Waals surface area contributed by atoms with E-state index < -0.39 is 0 Å². The Hall–Kier alpha value is -1.58. The van der Waals surface area contributed by atoms with E-state index >= 15 is 0 Å². The number of likely N-dealkylation sites (N-methyl/N-ethyl adjacent to an activating group) is 1. The molecular weight excluding hydrogens is 312 g/mol. The van der Waals surface area contributed by atoms with Gasteiger partial charge >= 0.3 is 0 Å². The van der Waals surface area contributed by atoms with Gasteiger partial charge in [-0.2, -0.15) is 0 Å². The monoisotopic (exact) mass is 325 g/mol. The Bertz CT molecular complexity index is 643. The molecule has 0 heterocycles. The van der Waals surface area contributed by atoms with E-state index in [4.69, 9.17) is 23.2 Å². The van der Waals surface area contributed by atoms with Crippen LogP contribution in [0.4, 0.5) is 4.39 Å². The first kappa shape index (κ1) is 15.8. The summed E-state index contributed by atoms with van der Waals surface area (Å²) in [7, 11) is 1.71. The van der Waals surface area contributed by atoms with Gasteiger partial charge in [-0.3, -0.25) is 4.79 Å². The van der Waals surface area contributed by atoms with Gasteiger partial charge < -0.3 is 4.90 Å². The van der Waals surface area contributed by atoms with Gasteiger partial charge in [0.25, 0.3) is 0 Å². The molecule has 0 aromatic heterocycles. The van der Waals surface area contributed by atoms with Crippen molar-refractivity contribution in [1.82, 2.24) is 4.90 Å². The first-order valence-corrected chi connectivity index (χ1v) is 7.13. The molecule has 0 aliphatic carbocycles. The lowest BCUT2D eigenvalue weighted by Gasteiger charge is -2.17. The molecule has 2 aromatic rings. The zero-order valence-corrected chi connectivity index (χ0v) is 13.0. The van der Waals surface area contributed by atoms with E-state index in [0.29, 0.717) is 16.6 Å². The Kier molecular flexibility index (Phi) is 5.21. The molecular formula is C16H14Cl2FNO. The number of nitrogens with zero attached hydrogens (tertiary/aromatic N) is 1. The quantitative estimate of drug-likeness (QED) is 0.819. The van der Waals surface area contributed by atoms with Gasteiger partial charge in [0.2, 0.25) is 5.91 Å². The van der Waals surface area contributed by atoms with Crippen molar-refractivity contribution in [3.05, 3.63) is 69.5 Å². The van der Waals surface area contributed by atoms with Gasteiger partial charge in [0.15, 0.2) is 0 Å². The summed E-state index contributed by atoms with van der Waals surface area (Å²) in [6.45, 7) is 0.431. The highest BCUT2D eigenvalue weighted by Gasteiger charge is 2.11. The van der Waals surface area contributed by atoms with Crippen LogP contribution in [0.5, 0.6) is 0 Å². The summed E-state index contributed by atoms with van der Waals surface area (Å²) in [4.78, 5) is 13.7. The third-order valence-corrected chi connectivity index (χ3v) is 3.84. The molecule has 0 atom stereocenters. The lowest BCUT2D eigenvalue weighted by atomic mass is 10.1. The zero-order valence-electron chi connectivity index (χ0n) is 11.4. The molecule has 2 rings (SSSR count). The average molecular weight is 326 g/mol. The van der Waals surface area contributed by atoms with Gasteiger partial charge in [-0.05, 0) is 35.4 Å². The number of halogens is 3. The molecule has 0 fully saturated rings. The van der Waals surface area contributed by atoms with Crippen molar-refractivity contribution in [1.29, 1.82) is 0 Å². The van der Waals surface area contributed by atoms with Gasteiger partial charge in [0.1, 0.15) is 5.82 Å². The highest BCUT2D eigenvalue weighted by Crippen LogP contribution is 2.23. The number of carbonyl (C=O) groups is 1. The molecule has 0 saturated carbocycles. The lowest BCUT2D eigenvalue weighted by Crippen LogP contribution is -2.27. The maximum atomic E-state index is 12.8. The normalized spacial score (nSPS) is 10.5. The fraction of sp³-hybridized carbons (Fsp3) is 0.188. The molecule has 0 bridgehead atoms. The molecule has 0 radical (unpaired) electrons. The van der Waals surface area contributed by atoms with Crippen molar-refractivity contribution in [3.63, 3.8) is 0 Å². The molecule has 110 valence electrons. The maximum Gasteiger partial charge on any atom is 0.227 e. The number of hydrogen-bond donors (Lipinski definition) is 0. The van der Waals surface area contributed by atoms with Gasteiger partial charge in [-0.25, -0.2) is 4.39 Å². The van der Waals surface area contributed by atoms with Crippen LogP contribution in [0.3, 0.4) is 0 Å². The number of amides is 1. The number of benzene rings is 2. The van der Waals surface area contributed by atoms with Crippen LogP contribution >= 0.6 is 23.2 Å². The van der Waals surface area contributed by atoms with E-state index in [2.05, 4.69) is 0 Å². The van der Waals surface area contributed by atoms with Crippen LogP contribution < -0.4 is 0 Å². The Morgan fingerprint density at radius 2 is 1.67 bits per heavy atom. The summed E-state index contributed by atoms with van der Waals surface area (Å²) in [5.74, 6) is -0.332. The molecule has 21 heavy (non-hydrogen) atoms. The predicted molar refractivity (Wildman–Crippen MR) is 83.0 cm³/mol. The molecule has 0 saturated heterocycles. The Labute approximate surface area is 133 Å². The Morgan fingerprint density at radius 3 is 2.29 bits per heavy atom. The standard InChI is InChI=1S/C16H14Cl2FNO/c1-20(10-11-2-5-13(19)6-3-11)16(21)9-12-4-7-14(17)15(18)8-12/h2-8H,9-10H2,1H3. The fourth-order valence-electron chi connectivity index (χ4n) is 1.91. The van der Waals surface area contributed by atoms with Crippen LogP contribution in [0, 0.1) is 5.82 Å². The van der Waals surface area contributed by atoms with Crippen molar-refractivity contribution in [2.75, 3.05) is 7.05 Å². The van der Waals surface area contributed by atoms with Crippen molar-refractivity contribution in [2.24, 2.45) is 0 Å². The summed E-state index contributed by atoms with van der Waals surface area (Å²) in [6, 6.07) is 11.2. The summed E-state index contributed by atoms with van der Waals surface area (Å²) >= 11 is 11.8. The highest BCUT2D eigenvalue weighted by molar-refractivity contribution is 6.42. The Morgan fingerprint density at radius 1 is 1.05 bits per heavy atom. The summed E-state index contributed by atoms with van der Waals surface area (Å²) < 4.78 is 12.8. The van der Waals surface area contributed by atoms with Crippen molar-refractivity contribution in [2.45, 2.75) is 13.0 Å². The summed E-state index contributed by atoms with van der Waals surface area (Å²) in [5, 5.41) is 0.899. The summed E-state index contributed by atoms with van der Waals surface area (Å²) in [6.07, 6.45) is 0.245. The maximum absolute atomic E-state index is 12.8. The molecule has 2 aromatic carbocycles. The second-order valence-corrected chi connectivity index (χ2v) is 5.62. The van der Waals surface area contributed by atoms with E-state index in [1.54, 1.807) is 42.3 Å². The second kappa shape index (κ2) is 6.92. The first-order valence-electron chi connectivity index (χ1n) is 6.38. The van der Waals surface area contributed by atoms with Gasteiger partial charge in [0.05, 0.1) is 16.5 Å².